The molecule has 1 aromatic heterocycles. The van der Waals surface area contributed by atoms with Crippen molar-refractivity contribution in [3.8, 4) is 6.07 Å². The minimum Gasteiger partial charge on any atom is -0.336 e. The molecule has 0 fully saturated rings. The van der Waals surface area contributed by atoms with E-state index in [4.69, 9.17) is 5.26 Å². The standard InChI is InChI=1S/C7H6BrN3OS/c1-4(2-9)11-7(12)5-6(8)10-3-13-5/h3-4H,1H3,(H,11,12)/t4-/m1/s1. The van der Waals surface area contributed by atoms with Crippen molar-refractivity contribution in [3.05, 3.63) is 15.0 Å². The largest absolute Gasteiger partial charge is 0.336 e. The second-order valence-corrected chi connectivity index (χ2v) is 3.90. The smallest absolute Gasteiger partial charge is 0.265 e. The quantitative estimate of drug-likeness (QED) is 0.877. The summed E-state index contributed by atoms with van der Waals surface area (Å²) in [4.78, 5) is 15.7. The third-order valence-electron chi connectivity index (χ3n) is 1.27. The van der Waals surface area contributed by atoms with Gasteiger partial charge in [-0.1, -0.05) is 0 Å². The molecule has 0 unspecified atom stereocenters. The molecule has 1 N–H and O–H groups in total. The van der Waals surface area contributed by atoms with Gasteiger partial charge in [0, 0.05) is 0 Å². The van der Waals surface area contributed by atoms with E-state index in [1.807, 2.05) is 6.07 Å². The Morgan fingerprint density at radius 1 is 1.92 bits per heavy atom. The Bertz CT molecular complexity index is 357. The Morgan fingerprint density at radius 3 is 3.08 bits per heavy atom. The highest BCUT2D eigenvalue weighted by molar-refractivity contribution is 9.10. The first kappa shape index (κ1) is 10.2. The van der Waals surface area contributed by atoms with Crippen molar-refractivity contribution >= 4 is 33.2 Å². The molecule has 0 spiro atoms. The van der Waals surface area contributed by atoms with E-state index in [-0.39, 0.29) is 5.91 Å². The molecule has 6 heteroatoms. The minimum absolute atomic E-state index is 0.275. The Labute approximate surface area is 87.7 Å². The van der Waals surface area contributed by atoms with Gasteiger partial charge < -0.3 is 5.32 Å². The fourth-order valence-electron chi connectivity index (χ4n) is 0.674. The first-order valence-corrected chi connectivity index (χ1v) is 5.12. The summed E-state index contributed by atoms with van der Waals surface area (Å²) in [6.07, 6.45) is 0. The fraction of sp³-hybridized carbons (Fsp3) is 0.286. The van der Waals surface area contributed by atoms with E-state index in [1.54, 1.807) is 12.4 Å². The molecule has 68 valence electrons. The molecule has 13 heavy (non-hydrogen) atoms. The maximum atomic E-state index is 11.4. The topological polar surface area (TPSA) is 65.8 Å². The SMILES string of the molecule is C[C@H](C#N)NC(=O)c1scnc1Br. The molecule has 0 bridgehead atoms. The second-order valence-electron chi connectivity index (χ2n) is 2.30. The number of amides is 1. The van der Waals surface area contributed by atoms with Crippen LogP contribution in [0.3, 0.4) is 0 Å². The minimum atomic E-state index is -0.485. The zero-order chi connectivity index (χ0) is 9.84. The number of hydrogen-bond acceptors (Lipinski definition) is 4. The molecule has 1 heterocycles. The molecule has 1 rings (SSSR count). The highest BCUT2D eigenvalue weighted by atomic mass is 79.9. The zero-order valence-corrected chi connectivity index (χ0v) is 9.15. The first-order chi connectivity index (χ1) is 6.15. The number of nitrogens with zero attached hydrogens (tertiary/aromatic N) is 2. The van der Waals surface area contributed by atoms with Crippen LogP contribution in [0.15, 0.2) is 10.1 Å². The van der Waals surface area contributed by atoms with Crippen LogP contribution in [-0.2, 0) is 0 Å². The van der Waals surface area contributed by atoms with Crippen molar-refractivity contribution in [2.45, 2.75) is 13.0 Å². The van der Waals surface area contributed by atoms with Crippen LogP contribution >= 0.6 is 27.3 Å². The number of halogens is 1. The normalized spacial score (nSPS) is 11.8. The highest BCUT2D eigenvalue weighted by Crippen LogP contribution is 2.18. The van der Waals surface area contributed by atoms with Crippen LogP contribution in [0.5, 0.6) is 0 Å². The molecule has 0 aliphatic rings. The lowest BCUT2D eigenvalue weighted by Gasteiger charge is -2.03. The molecule has 0 aromatic carbocycles. The number of hydrogen-bond donors (Lipinski definition) is 1. The van der Waals surface area contributed by atoms with Gasteiger partial charge in [0.1, 0.15) is 15.5 Å². The average Bonchev–Trinajstić information content (AvgIpc) is 2.51. The van der Waals surface area contributed by atoms with Gasteiger partial charge in [0.05, 0.1) is 11.6 Å². The molecule has 4 nitrogen and oxygen atoms in total. The molecular weight excluding hydrogens is 254 g/mol. The van der Waals surface area contributed by atoms with Gasteiger partial charge in [-0.15, -0.1) is 11.3 Å². The fourth-order valence-corrected chi connectivity index (χ4v) is 1.95. The van der Waals surface area contributed by atoms with Crippen LogP contribution in [0.25, 0.3) is 0 Å². The van der Waals surface area contributed by atoms with Crippen molar-refractivity contribution in [2.75, 3.05) is 0 Å². The molecule has 0 saturated carbocycles. The van der Waals surface area contributed by atoms with E-state index >= 15 is 0 Å². The van der Waals surface area contributed by atoms with E-state index < -0.39 is 6.04 Å². The van der Waals surface area contributed by atoms with E-state index in [2.05, 4.69) is 26.2 Å². The summed E-state index contributed by atoms with van der Waals surface area (Å²) in [7, 11) is 0. The predicted molar refractivity (Wildman–Crippen MR) is 52.4 cm³/mol. The number of aromatic nitrogens is 1. The Morgan fingerprint density at radius 2 is 2.62 bits per heavy atom. The van der Waals surface area contributed by atoms with Crippen molar-refractivity contribution < 1.29 is 4.79 Å². The molecular formula is C7H6BrN3OS. The van der Waals surface area contributed by atoms with Crippen LogP contribution in [-0.4, -0.2) is 16.9 Å². The van der Waals surface area contributed by atoms with Crippen LogP contribution in [0.2, 0.25) is 0 Å². The van der Waals surface area contributed by atoms with Gasteiger partial charge >= 0.3 is 0 Å². The number of nitriles is 1. The number of carbonyl (C=O) groups is 1. The summed E-state index contributed by atoms with van der Waals surface area (Å²) < 4.78 is 0.514. The second kappa shape index (κ2) is 4.35. The summed E-state index contributed by atoms with van der Waals surface area (Å²) in [6, 6.07) is 1.43. The number of rotatable bonds is 2. The van der Waals surface area contributed by atoms with Crippen LogP contribution in [0, 0.1) is 11.3 Å². The summed E-state index contributed by atoms with van der Waals surface area (Å²) >= 11 is 4.36. The summed E-state index contributed by atoms with van der Waals surface area (Å²) in [5.74, 6) is -0.275. The maximum absolute atomic E-state index is 11.4. The van der Waals surface area contributed by atoms with Crippen molar-refractivity contribution in [1.29, 1.82) is 5.26 Å². The van der Waals surface area contributed by atoms with Gasteiger partial charge in [0.25, 0.3) is 5.91 Å². The lowest BCUT2D eigenvalue weighted by Crippen LogP contribution is -2.30. The van der Waals surface area contributed by atoms with Crippen molar-refractivity contribution in [2.24, 2.45) is 0 Å². The van der Waals surface area contributed by atoms with Crippen molar-refractivity contribution in [3.63, 3.8) is 0 Å². The molecule has 0 aliphatic heterocycles. The van der Waals surface area contributed by atoms with Gasteiger partial charge in [-0.05, 0) is 22.9 Å². The molecule has 1 amide bonds. The lowest BCUT2D eigenvalue weighted by molar-refractivity contribution is 0.0951. The zero-order valence-electron chi connectivity index (χ0n) is 6.74. The Hall–Kier alpha value is -0.930. The summed E-state index contributed by atoms with van der Waals surface area (Å²) in [6.45, 7) is 1.62. The summed E-state index contributed by atoms with van der Waals surface area (Å²) in [5, 5.41) is 11.0. The van der Waals surface area contributed by atoms with E-state index in [0.717, 1.165) is 0 Å². The first-order valence-electron chi connectivity index (χ1n) is 3.44. The predicted octanol–water partition coefficient (Wildman–Crippen LogP) is 1.55. The molecule has 0 saturated heterocycles. The Kier molecular flexibility index (Phi) is 3.39. The molecule has 1 aromatic rings. The summed E-state index contributed by atoms with van der Waals surface area (Å²) in [5.41, 5.74) is 1.57. The van der Waals surface area contributed by atoms with E-state index in [9.17, 15) is 4.79 Å². The monoisotopic (exact) mass is 259 g/mol. The number of nitrogens with one attached hydrogen (secondary N) is 1. The van der Waals surface area contributed by atoms with Crippen LogP contribution in [0.1, 0.15) is 16.6 Å². The molecule has 0 aliphatic carbocycles. The van der Waals surface area contributed by atoms with Gasteiger partial charge in [0.15, 0.2) is 0 Å². The lowest BCUT2D eigenvalue weighted by atomic mass is 10.3. The van der Waals surface area contributed by atoms with Gasteiger partial charge in [-0.3, -0.25) is 4.79 Å². The average molecular weight is 260 g/mol. The van der Waals surface area contributed by atoms with Gasteiger partial charge in [-0.25, -0.2) is 4.98 Å². The van der Waals surface area contributed by atoms with Crippen LogP contribution < -0.4 is 5.32 Å². The maximum Gasteiger partial charge on any atom is 0.265 e. The highest BCUT2D eigenvalue weighted by Gasteiger charge is 2.14. The van der Waals surface area contributed by atoms with E-state index in [0.29, 0.717) is 9.48 Å². The number of thiazole rings is 1. The molecule has 0 radical (unpaired) electrons. The third-order valence-corrected chi connectivity index (χ3v) is 2.96. The van der Waals surface area contributed by atoms with Crippen LogP contribution in [0.4, 0.5) is 0 Å². The van der Waals surface area contributed by atoms with E-state index in [1.165, 1.54) is 11.3 Å². The third kappa shape index (κ3) is 2.50. The molecule has 1 atom stereocenters. The van der Waals surface area contributed by atoms with Gasteiger partial charge in [-0.2, -0.15) is 5.26 Å². The van der Waals surface area contributed by atoms with Crippen molar-refractivity contribution in [1.82, 2.24) is 10.3 Å². The van der Waals surface area contributed by atoms with Gasteiger partial charge in [0.2, 0.25) is 0 Å². The Balaban J connectivity index is 2.71. The number of carbonyl (C=O) groups excluding carboxylic acids is 1.